The Balaban J connectivity index is 0.000000327. The summed E-state index contributed by atoms with van der Waals surface area (Å²) in [6, 6.07) is 10.0. The number of benzene rings is 1. The molecule has 0 radical (unpaired) electrons. The molecule has 0 spiro atoms. The van der Waals surface area contributed by atoms with Gasteiger partial charge in [-0.15, -0.1) is 0 Å². The summed E-state index contributed by atoms with van der Waals surface area (Å²) < 4.78 is 4.40. The van der Waals surface area contributed by atoms with Crippen LogP contribution in [-0.4, -0.2) is 18.6 Å². The molecule has 1 rings (SSSR count). The van der Waals surface area contributed by atoms with E-state index in [2.05, 4.69) is 17.9 Å². The van der Waals surface area contributed by atoms with Gasteiger partial charge in [-0.2, -0.15) is 0 Å². The van der Waals surface area contributed by atoms with Crippen molar-refractivity contribution in [3.8, 4) is 0 Å². The molecule has 1 N–H and O–H groups in total. The monoisotopic (exact) mass is 247 g/mol. The number of hydrogen-bond acceptors (Lipinski definition) is 3. The zero-order valence-electron chi connectivity index (χ0n) is 10.4. The predicted octanol–water partition coefficient (Wildman–Crippen LogP) is 2.77. The van der Waals surface area contributed by atoms with Crippen LogP contribution in [0.1, 0.15) is 12.5 Å². The molecule has 18 heavy (non-hydrogen) atoms. The second-order valence-corrected chi connectivity index (χ2v) is 3.03. The molecule has 0 aliphatic carbocycles. The van der Waals surface area contributed by atoms with E-state index in [4.69, 9.17) is 0 Å². The number of imide groups is 1. The van der Waals surface area contributed by atoms with Gasteiger partial charge in [-0.3, -0.25) is 10.1 Å². The summed E-state index contributed by atoms with van der Waals surface area (Å²) in [5, 5.41) is 1.91. The van der Waals surface area contributed by atoms with Crippen molar-refractivity contribution in [2.75, 3.05) is 6.61 Å². The summed E-state index contributed by atoms with van der Waals surface area (Å²) in [4.78, 5) is 20.8. The zero-order valence-corrected chi connectivity index (χ0v) is 10.4. The summed E-state index contributed by atoms with van der Waals surface area (Å²) in [5.41, 5.74) is 1.17. The third-order valence-corrected chi connectivity index (χ3v) is 1.72. The summed E-state index contributed by atoms with van der Waals surface area (Å²) in [7, 11) is 0. The smallest absolute Gasteiger partial charge is 0.414 e. The number of rotatable bonds is 3. The average molecular weight is 247 g/mol. The number of alkyl carbamates (subject to hydrolysis) is 1. The van der Waals surface area contributed by atoms with Gasteiger partial charge in [-0.1, -0.05) is 49.6 Å². The summed E-state index contributed by atoms with van der Waals surface area (Å²) in [6.45, 7) is 8.68. The van der Waals surface area contributed by atoms with Gasteiger partial charge in [0.1, 0.15) is 0 Å². The lowest BCUT2D eigenvalue weighted by molar-refractivity contribution is -0.115. The number of amides is 2. The summed E-state index contributed by atoms with van der Waals surface area (Å²) in [6.07, 6.45) is 2.09. The van der Waals surface area contributed by atoms with Crippen LogP contribution in [0.4, 0.5) is 4.79 Å². The normalized spacial score (nSPS) is 8.28. The van der Waals surface area contributed by atoms with Crippen LogP contribution in [-0.2, 0) is 9.53 Å². The molecule has 0 aromatic heterocycles. The van der Waals surface area contributed by atoms with Gasteiger partial charge in [-0.05, 0) is 18.6 Å². The van der Waals surface area contributed by atoms with Gasteiger partial charge in [0.05, 0.1) is 6.61 Å². The van der Waals surface area contributed by atoms with E-state index in [1.165, 1.54) is 5.56 Å². The van der Waals surface area contributed by atoms with E-state index < -0.39 is 12.0 Å². The van der Waals surface area contributed by atoms with Crippen molar-refractivity contribution in [2.24, 2.45) is 0 Å². The minimum absolute atomic E-state index is 0.246. The summed E-state index contributed by atoms with van der Waals surface area (Å²) in [5.74, 6) is -0.557. The molecular weight excluding hydrogens is 230 g/mol. The van der Waals surface area contributed by atoms with Crippen molar-refractivity contribution < 1.29 is 14.3 Å². The molecule has 4 nitrogen and oxygen atoms in total. The van der Waals surface area contributed by atoms with Crippen LogP contribution in [0.5, 0.6) is 0 Å². The topological polar surface area (TPSA) is 55.4 Å². The molecule has 4 heteroatoms. The van der Waals surface area contributed by atoms with Gasteiger partial charge < -0.3 is 4.74 Å². The van der Waals surface area contributed by atoms with Crippen molar-refractivity contribution in [3.05, 3.63) is 55.1 Å². The minimum Gasteiger partial charge on any atom is -0.450 e. The van der Waals surface area contributed by atoms with Gasteiger partial charge in [0.2, 0.25) is 0 Å². The first-order valence-corrected chi connectivity index (χ1v) is 5.41. The Bertz CT molecular complexity index is 399. The Kier molecular flexibility index (Phi) is 8.55. The van der Waals surface area contributed by atoms with Crippen LogP contribution < -0.4 is 5.32 Å². The van der Waals surface area contributed by atoms with Crippen LogP contribution in [0.2, 0.25) is 0 Å². The molecule has 0 saturated heterocycles. The molecule has 2 amide bonds. The predicted molar refractivity (Wildman–Crippen MR) is 71.9 cm³/mol. The molecule has 0 heterocycles. The SMILES string of the molecule is C=CC(=O)NC(=O)OCC.C=Cc1ccccc1. The second kappa shape index (κ2) is 9.84. The van der Waals surface area contributed by atoms with Crippen molar-refractivity contribution in [1.82, 2.24) is 5.32 Å². The van der Waals surface area contributed by atoms with Crippen LogP contribution in [0.15, 0.2) is 49.6 Å². The van der Waals surface area contributed by atoms with Crippen molar-refractivity contribution in [2.45, 2.75) is 6.92 Å². The maximum atomic E-state index is 10.4. The van der Waals surface area contributed by atoms with E-state index >= 15 is 0 Å². The first kappa shape index (κ1) is 15.6. The summed E-state index contributed by atoms with van der Waals surface area (Å²) >= 11 is 0. The highest BCUT2D eigenvalue weighted by molar-refractivity contribution is 5.98. The fraction of sp³-hybridized carbons (Fsp3) is 0.143. The van der Waals surface area contributed by atoms with E-state index in [9.17, 15) is 9.59 Å². The van der Waals surface area contributed by atoms with Gasteiger partial charge in [0.25, 0.3) is 5.91 Å². The molecule has 0 aliphatic heterocycles. The third kappa shape index (κ3) is 7.87. The molecule has 0 fully saturated rings. The molecule has 0 saturated carbocycles. The van der Waals surface area contributed by atoms with Crippen molar-refractivity contribution in [1.29, 1.82) is 0 Å². The van der Waals surface area contributed by atoms with Gasteiger partial charge in [0.15, 0.2) is 0 Å². The van der Waals surface area contributed by atoms with E-state index in [1.54, 1.807) is 6.92 Å². The number of carbonyl (C=O) groups excluding carboxylic acids is 2. The fourth-order valence-electron chi connectivity index (χ4n) is 0.908. The Hall–Kier alpha value is -2.36. The zero-order chi connectivity index (χ0) is 13.8. The van der Waals surface area contributed by atoms with Gasteiger partial charge >= 0.3 is 6.09 Å². The van der Waals surface area contributed by atoms with E-state index in [0.717, 1.165) is 6.08 Å². The first-order chi connectivity index (χ1) is 8.63. The second-order valence-electron chi connectivity index (χ2n) is 3.03. The lowest BCUT2D eigenvalue weighted by Crippen LogP contribution is -2.29. The van der Waals surface area contributed by atoms with E-state index in [1.807, 2.05) is 41.7 Å². The Morgan fingerprint density at radius 2 is 1.89 bits per heavy atom. The maximum absolute atomic E-state index is 10.4. The molecule has 1 aromatic rings. The standard InChI is InChI=1S/C8H8.C6H9NO3/c1-2-8-6-4-3-5-7-8;1-3-5(8)7-6(9)10-4-2/h2-7H,1H2;3H,1,4H2,2H3,(H,7,8,9). The highest BCUT2D eigenvalue weighted by Gasteiger charge is 2.01. The van der Waals surface area contributed by atoms with Crippen LogP contribution >= 0.6 is 0 Å². The van der Waals surface area contributed by atoms with Gasteiger partial charge in [-0.25, -0.2) is 4.79 Å². The molecule has 0 atom stereocenters. The average Bonchev–Trinajstić information content (AvgIpc) is 2.40. The van der Waals surface area contributed by atoms with E-state index in [0.29, 0.717) is 0 Å². The number of ether oxygens (including phenoxy) is 1. The lowest BCUT2D eigenvalue weighted by Gasteiger charge is -1.99. The quantitative estimate of drug-likeness (QED) is 0.835. The maximum Gasteiger partial charge on any atom is 0.414 e. The van der Waals surface area contributed by atoms with Crippen molar-refractivity contribution >= 4 is 18.1 Å². The third-order valence-electron chi connectivity index (χ3n) is 1.72. The molecule has 0 aliphatic rings. The highest BCUT2D eigenvalue weighted by atomic mass is 16.5. The number of nitrogens with one attached hydrogen (secondary N) is 1. The lowest BCUT2D eigenvalue weighted by atomic mass is 10.2. The minimum atomic E-state index is -0.743. The number of carbonyl (C=O) groups is 2. The molecule has 1 aromatic carbocycles. The molecule has 0 unspecified atom stereocenters. The largest absolute Gasteiger partial charge is 0.450 e. The fourth-order valence-corrected chi connectivity index (χ4v) is 0.908. The number of hydrogen-bond donors (Lipinski definition) is 1. The van der Waals surface area contributed by atoms with Gasteiger partial charge in [0, 0.05) is 0 Å². The van der Waals surface area contributed by atoms with Crippen LogP contribution in [0.3, 0.4) is 0 Å². The Labute approximate surface area is 107 Å². The van der Waals surface area contributed by atoms with Crippen LogP contribution in [0, 0.1) is 0 Å². The highest BCUT2D eigenvalue weighted by Crippen LogP contribution is 1.97. The van der Waals surface area contributed by atoms with Crippen molar-refractivity contribution in [3.63, 3.8) is 0 Å². The van der Waals surface area contributed by atoms with E-state index in [-0.39, 0.29) is 6.61 Å². The molecule has 96 valence electrons. The van der Waals surface area contributed by atoms with Crippen LogP contribution in [0.25, 0.3) is 6.08 Å². The molecular formula is C14H17NO3. The Morgan fingerprint density at radius 1 is 1.28 bits per heavy atom. The first-order valence-electron chi connectivity index (χ1n) is 5.41. The Morgan fingerprint density at radius 3 is 2.28 bits per heavy atom. The molecule has 0 bridgehead atoms.